The number of hydrogen-bond donors (Lipinski definition) is 2. The molecule has 0 bridgehead atoms. The second-order valence-corrected chi connectivity index (χ2v) is 7.49. The molecule has 3 rings (SSSR count). The number of ether oxygens (including phenoxy) is 1. The molecule has 0 saturated heterocycles. The van der Waals surface area contributed by atoms with Gasteiger partial charge in [0, 0.05) is 22.8 Å². The standard InChI is InChI=1S/C22H23ClN2O4/c1-29-19(26)11-14-24-20(27)15-3-9-18(10-4-15)25-21(28)22(12-2-13-22)16-5-7-17(23)8-6-16/h3-10H,2,11-14H2,1H3,(H,24,27)(H,25,28). The van der Waals surface area contributed by atoms with Crippen LogP contribution in [0, 0.1) is 0 Å². The molecule has 0 heterocycles. The number of carbonyl (C=O) groups is 3. The largest absolute Gasteiger partial charge is 0.469 e. The minimum Gasteiger partial charge on any atom is -0.469 e. The van der Waals surface area contributed by atoms with E-state index in [1.165, 1.54) is 7.11 Å². The topological polar surface area (TPSA) is 84.5 Å². The van der Waals surface area contributed by atoms with Crippen molar-refractivity contribution in [1.82, 2.24) is 5.32 Å². The zero-order chi connectivity index (χ0) is 20.9. The summed E-state index contributed by atoms with van der Waals surface area (Å²) in [5, 5.41) is 6.26. The number of hydrogen-bond acceptors (Lipinski definition) is 4. The number of rotatable bonds is 7. The van der Waals surface area contributed by atoms with Crippen LogP contribution in [0.3, 0.4) is 0 Å². The summed E-state index contributed by atoms with van der Waals surface area (Å²) in [6.07, 6.45) is 2.70. The molecule has 6 nitrogen and oxygen atoms in total. The van der Waals surface area contributed by atoms with E-state index < -0.39 is 5.41 Å². The van der Waals surface area contributed by atoms with Gasteiger partial charge < -0.3 is 15.4 Å². The molecule has 7 heteroatoms. The first-order valence-electron chi connectivity index (χ1n) is 9.47. The van der Waals surface area contributed by atoms with Gasteiger partial charge >= 0.3 is 5.97 Å². The van der Waals surface area contributed by atoms with E-state index in [0.717, 1.165) is 24.8 Å². The lowest BCUT2D eigenvalue weighted by atomic mass is 9.64. The molecule has 29 heavy (non-hydrogen) atoms. The SMILES string of the molecule is COC(=O)CCNC(=O)c1ccc(NC(=O)C2(c3ccc(Cl)cc3)CCC2)cc1. The Hall–Kier alpha value is -2.86. The highest BCUT2D eigenvalue weighted by Gasteiger charge is 2.45. The predicted molar refractivity (Wildman–Crippen MR) is 111 cm³/mol. The van der Waals surface area contributed by atoms with Gasteiger partial charge in [0.1, 0.15) is 0 Å². The van der Waals surface area contributed by atoms with Crippen molar-refractivity contribution < 1.29 is 19.1 Å². The third-order valence-corrected chi connectivity index (χ3v) is 5.54. The molecule has 2 N–H and O–H groups in total. The number of esters is 1. The van der Waals surface area contributed by atoms with Gasteiger partial charge in [0.05, 0.1) is 18.9 Å². The van der Waals surface area contributed by atoms with Gasteiger partial charge in [0.15, 0.2) is 0 Å². The highest BCUT2D eigenvalue weighted by atomic mass is 35.5. The Kier molecular flexibility index (Phi) is 6.54. The van der Waals surface area contributed by atoms with Gasteiger partial charge in [-0.3, -0.25) is 14.4 Å². The minimum absolute atomic E-state index is 0.0543. The van der Waals surface area contributed by atoms with Crippen molar-refractivity contribution in [3.8, 4) is 0 Å². The fraction of sp³-hybridized carbons (Fsp3) is 0.318. The number of halogens is 1. The Morgan fingerprint density at radius 2 is 1.69 bits per heavy atom. The number of anilines is 1. The first kappa shape index (κ1) is 20.9. The summed E-state index contributed by atoms with van der Waals surface area (Å²) in [4.78, 5) is 36.2. The molecule has 1 aliphatic carbocycles. The maximum atomic E-state index is 13.0. The van der Waals surface area contributed by atoms with Crippen LogP contribution in [0.25, 0.3) is 0 Å². The summed E-state index contributed by atoms with van der Waals surface area (Å²) in [5.41, 5.74) is 1.51. The quantitative estimate of drug-likeness (QED) is 0.676. The first-order valence-corrected chi connectivity index (χ1v) is 9.85. The van der Waals surface area contributed by atoms with Crippen LogP contribution >= 0.6 is 11.6 Å². The lowest BCUT2D eigenvalue weighted by Crippen LogP contribution is -2.46. The highest BCUT2D eigenvalue weighted by molar-refractivity contribution is 6.30. The van der Waals surface area contributed by atoms with Crippen molar-refractivity contribution in [2.75, 3.05) is 19.0 Å². The van der Waals surface area contributed by atoms with Crippen LogP contribution in [0.4, 0.5) is 5.69 Å². The lowest BCUT2D eigenvalue weighted by Gasteiger charge is -2.40. The molecule has 0 radical (unpaired) electrons. The summed E-state index contributed by atoms with van der Waals surface area (Å²) in [6, 6.07) is 14.1. The molecule has 0 atom stereocenters. The average molecular weight is 415 g/mol. The van der Waals surface area contributed by atoms with Gasteiger partial charge in [-0.15, -0.1) is 0 Å². The van der Waals surface area contributed by atoms with Crippen LogP contribution < -0.4 is 10.6 Å². The molecule has 2 amide bonds. The third-order valence-electron chi connectivity index (χ3n) is 5.29. The molecule has 0 unspecified atom stereocenters. The number of carbonyl (C=O) groups excluding carboxylic acids is 3. The Labute approximate surface area is 174 Å². The second-order valence-electron chi connectivity index (χ2n) is 7.06. The fourth-order valence-corrected chi connectivity index (χ4v) is 3.51. The zero-order valence-corrected chi connectivity index (χ0v) is 16.9. The van der Waals surface area contributed by atoms with E-state index in [0.29, 0.717) is 16.3 Å². The monoisotopic (exact) mass is 414 g/mol. The van der Waals surface area contributed by atoms with Gasteiger partial charge in [-0.1, -0.05) is 30.2 Å². The van der Waals surface area contributed by atoms with E-state index in [-0.39, 0.29) is 30.7 Å². The fourth-order valence-electron chi connectivity index (χ4n) is 3.38. The maximum Gasteiger partial charge on any atom is 0.307 e. The van der Waals surface area contributed by atoms with Crippen LogP contribution in [-0.4, -0.2) is 31.4 Å². The van der Waals surface area contributed by atoms with Crippen molar-refractivity contribution in [3.63, 3.8) is 0 Å². The van der Waals surface area contributed by atoms with Crippen molar-refractivity contribution in [2.45, 2.75) is 31.1 Å². The molecule has 1 fully saturated rings. The average Bonchev–Trinajstić information content (AvgIpc) is 2.69. The molecule has 1 saturated carbocycles. The van der Waals surface area contributed by atoms with Crippen molar-refractivity contribution in [1.29, 1.82) is 0 Å². The molecule has 2 aromatic carbocycles. The number of amides is 2. The van der Waals surface area contributed by atoms with E-state index in [4.69, 9.17) is 11.6 Å². The van der Waals surface area contributed by atoms with Crippen molar-refractivity contribution >= 4 is 35.1 Å². The molecular formula is C22H23ClN2O4. The molecule has 152 valence electrons. The summed E-state index contributed by atoms with van der Waals surface area (Å²) in [5.74, 6) is -0.723. The number of methoxy groups -OCH3 is 1. The van der Waals surface area contributed by atoms with Crippen LogP contribution in [0.5, 0.6) is 0 Å². The summed E-state index contributed by atoms with van der Waals surface area (Å²) < 4.78 is 4.53. The van der Waals surface area contributed by atoms with Gasteiger partial charge in [-0.05, 0) is 54.8 Å². The summed E-state index contributed by atoms with van der Waals surface area (Å²) in [7, 11) is 1.30. The molecule has 0 aromatic heterocycles. The second kappa shape index (κ2) is 9.09. The minimum atomic E-state index is -0.533. The van der Waals surface area contributed by atoms with Crippen LogP contribution in [0.15, 0.2) is 48.5 Å². The first-order chi connectivity index (χ1) is 13.9. The third kappa shape index (κ3) is 4.77. The maximum absolute atomic E-state index is 13.0. The molecular weight excluding hydrogens is 392 g/mol. The smallest absolute Gasteiger partial charge is 0.307 e. The van der Waals surface area contributed by atoms with Gasteiger partial charge in [-0.25, -0.2) is 0 Å². The summed E-state index contributed by atoms with van der Waals surface area (Å²) in [6.45, 7) is 0.202. The Balaban J connectivity index is 1.61. The van der Waals surface area contributed by atoms with Crippen molar-refractivity contribution in [3.05, 3.63) is 64.7 Å². The summed E-state index contributed by atoms with van der Waals surface area (Å²) >= 11 is 5.97. The van der Waals surface area contributed by atoms with E-state index >= 15 is 0 Å². The molecule has 1 aliphatic rings. The van der Waals surface area contributed by atoms with E-state index in [2.05, 4.69) is 15.4 Å². The Morgan fingerprint density at radius 3 is 2.24 bits per heavy atom. The van der Waals surface area contributed by atoms with Crippen LogP contribution in [0.1, 0.15) is 41.6 Å². The van der Waals surface area contributed by atoms with E-state index in [1.54, 1.807) is 36.4 Å². The molecule has 2 aromatic rings. The normalized spacial score (nSPS) is 14.4. The van der Waals surface area contributed by atoms with Gasteiger partial charge in [0.2, 0.25) is 5.91 Å². The number of nitrogens with one attached hydrogen (secondary N) is 2. The van der Waals surface area contributed by atoms with Crippen molar-refractivity contribution in [2.24, 2.45) is 0 Å². The zero-order valence-electron chi connectivity index (χ0n) is 16.2. The van der Waals surface area contributed by atoms with E-state index in [1.807, 2.05) is 12.1 Å². The Bertz CT molecular complexity index is 890. The molecule has 0 aliphatic heterocycles. The van der Waals surface area contributed by atoms with Gasteiger partial charge in [-0.2, -0.15) is 0 Å². The highest BCUT2D eigenvalue weighted by Crippen LogP contribution is 2.44. The number of benzene rings is 2. The Morgan fingerprint density at radius 1 is 1.03 bits per heavy atom. The predicted octanol–water partition coefficient (Wildman–Crippen LogP) is 3.69. The lowest BCUT2D eigenvalue weighted by molar-refractivity contribution is -0.140. The van der Waals surface area contributed by atoms with Crippen LogP contribution in [0.2, 0.25) is 5.02 Å². The van der Waals surface area contributed by atoms with E-state index in [9.17, 15) is 14.4 Å². The van der Waals surface area contributed by atoms with Crippen LogP contribution in [-0.2, 0) is 19.7 Å². The van der Waals surface area contributed by atoms with Gasteiger partial charge in [0.25, 0.3) is 5.91 Å². The molecule has 0 spiro atoms.